The van der Waals surface area contributed by atoms with Gasteiger partial charge in [-0.1, -0.05) is 13.8 Å². The summed E-state index contributed by atoms with van der Waals surface area (Å²) in [4.78, 5) is 23.7. The molecule has 0 bridgehead atoms. The predicted molar refractivity (Wildman–Crippen MR) is 114 cm³/mol. The standard InChI is InChI=1S/C25H36N2O3/c1-14-23-22(27(26-14)15(2)28)13-21-19-7-6-17-12-18(30-16(3)29)8-10-24(17,4)20(19)9-11-25(21,23)5/h17-21H,6-13H2,1-5H3/t17-,18-,19-,20+,21+,24-,25-/m0/s1. The third kappa shape index (κ3) is 2.69. The van der Waals surface area contributed by atoms with Crippen molar-refractivity contribution in [2.75, 3.05) is 0 Å². The molecule has 0 radical (unpaired) electrons. The Labute approximate surface area is 179 Å². The van der Waals surface area contributed by atoms with Gasteiger partial charge in [-0.3, -0.25) is 9.59 Å². The zero-order chi connectivity index (χ0) is 21.4. The second-order valence-corrected chi connectivity index (χ2v) is 11.2. The number of ether oxygens (including phenoxy) is 1. The zero-order valence-electron chi connectivity index (χ0n) is 19.2. The van der Waals surface area contributed by atoms with Crippen LogP contribution in [0.25, 0.3) is 0 Å². The van der Waals surface area contributed by atoms with E-state index in [1.807, 2.05) is 0 Å². The average Bonchev–Trinajstić information content (AvgIpc) is 3.16. The average molecular weight is 413 g/mol. The Balaban J connectivity index is 1.43. The molecule has 5 nitrogen and oxygen atoms in total. The molecular weight excluding hydrogens is 376 g/mol. The number of fused-ring (bicyclic) bond motifs is 7. The van der Waals surface area contributed by atoms with Gasteiger partial charge in [-0.25, -0.2) is 4.68 Å². The summed E-state index contributed by atoms with van der Waals surface area (Å²) in [6.45, 7) is 10.2. The Kier molecular flexibility index (Phi) is 4.51. The lowest BCUT2D eigenvalue weighted by Gasteiger charge is -2.60. The SMILES string of the molecule is CC(=O)O[C@H]1CC[C@@]2(C)[C@@H](CC[C@H]3[C@H]2CC[C@]2(C)c4c(C)nn(C(C)=O)c4C[C@H]32)C1. The summed E-state index contributed by atoms with van der Waals surface area (Å²) >= 11 is 0. The van der Waals surface area contributed by atoms with Crippen LogP contribution in [-0.2, 0) is 21.4 Å². The normalized spacial score (nSPS) is 42.0. The molecule has 3 saturated carbocycles. The summed E-state index contributed by atoms with van der Waals surface area (Å²) in [5, 5.41) is 4.61. The number of rotatable bonds is 1. The van der Waals surface area contributed by atoms with Crippen molar-refractivity contribution in [1.29, 1.82) is 0 Å². The monoisotopic (exact) mass is 412 g/mol. The highest BCUT2D eigenvalue weighted by Crippen LogP contribution is 2.66. The summed E-state index contributed by atoms with van der Waals surface area (Å²) in [5.41, 5.74) is 4.15. The van der Waals surface area contributed by atoms with Crippen LogP contribution in [0.4, 0.5) is 0 Å². The van der Waals surface area contributed by atoms with Gasteiger partial charge in [0.05, 0.1) is 11.4 Å². The fourth-order valence-corrected chi connectivity index (χ4v) is 8.54. The number of carbonyl (C=O) groups is 2. The van der Waals surface area contributed by atoms with Gasteiger partial charge >= 0.3 is 5.97 Å². The number of carbonyl (C=O) groups excluding carboxylic acids is 2. The van der Waals surface area contributed by atoms with E-state index < -0.39 is 0 Å². The minimum atomic E-state index is -0.135. The highest BCUT2D eigenvalue weighted by Gasteiger charge is 2.60. The minimum absolute atomic E-state index is 0.0395. The van der Waals surface area contributed by atoms with E-state index >= 15 is 0 Å². The quantitative estimate of drug-likeness (QED) is 0.619. The van der Waals surface area contributed by atoms with Crippen molar-refractivity contribution in [2.45, 2.75) is 97.5 Å². The van der Waals surface area contributed by atoms with Gasteiger partial charge in [0.1, 0.15) is 6.10 Å². The van der Waals surface area contributed by atoms with Gasteiger partial charge in [-0.15, -0.1) is 0 Å². The number of hydrogen-bond acceptors (Lipinski definition) is 4. The largest absolute Gasteiger partial charge is 0.463 e. The third-order valence-electron chi connectivity index (χ3n) is 9.78. The van der Waals surface area contributed by atoms with E-state index in [4.69, 9.17) is 4.74 Å². The maximum atomic E-state index is 12.2. The minimum Gasteiger partial charge on any atom is -0.463 e. The fourth-order valence-electron chi connectivity index (χ4n) is 8.54. The number of esters is 1. The molecule has 7 atom stereocenters. The van der Waals surface area contributed by atoms with Crippen molar-refractivity contribution in [3.8, 4) is 0 Å². The lowest BCUT2D eigenvalue weighted by atomic mass is 9.45. The second kappa shape index (κ2) is 6.67. The molecule has 0 aromatic carbocycles. The van der Waals surface area contributed by atoms with Gasteiger partial charge in [0.25, 0.3) is 0 Å². The molecule has 1 aromatic heterocycles. The number of hydrogen-bond donors (Lipinski definition) is 0. The topological polar surface area (TPSA) is 61.2 Å². The van der Waals surface area contributed by atoms with Crippen LogP contribution in [-0.4, -0.2) is 27.8 Å². The Hall–Kier alpha value is -1.65. The van der Waals surface area contributed by atoms with E-state index in [9.17, 15) is 9.59 Å². The molecule has 1 heterocycles. The summed E-state index contributed by atoms with van der Waals surface area (Å²) < 4.78 is 7.30. The van der Waals surface area contributed by atoms with Crippen LogP contribution in [0.3, 0.4) is 0 Å². The van der Waals surface area contributed by atoms with E-state index in [1.165, 1.54) is 50.3 Å². The summed E-state index contributed by atoms with van der Waals surface area (Å²) in [6, 6.07) is 0. The van der Waals surface area contributed by atoms with Crippen LogP contribution >= 0.6 is 0 Å². The first-order valence-electron chi connectivity index (χ1n) is 11.9. The van der Waals surface area contributed by atoms with Crippen LogP contribution in [0.1, 0.15) is 94.4 Å². The van der Waals surface area contributed by atoms with Crippen molar-refractivity contribution in [3.05, 3.63) is 17.0 Å². The van der Waals surface area contributed by atoms with Crippen molar-refractivity contribution >= 4 is 11.9 Å². The number of aromatic nitrogens is 2. The molecule has 0 aliphatic heterocycles. The highest BCUT2D eigenvalue weighted by atomic mass is 16.5. The Bertz CT molecular complexity index is 904. The van der Waals surface area contributed by atoms with Crippen molar-refractivity contribution in [2.24, 2.45) is 29.1 Å². The molecule has 30 heavy (non-hydrogen) atoms. The molecule has 1 aromatic rings. The Morgan fingerprint density at radius 3 is 2.53 bits per heavy atom. The van der Waals surface area contributed by atoms with Gasteiger partial charge in [0.15, 0.2) is 0 Å². The summed E-state index contributed by atoms with van der Waals surface area (Å²) in [5.74, 6) is 2.66. The maximum Gasteiger partial charge on any atom is 0.302 e. The molecule has 5 heteroatoms. The Morgan fingerprint density at radius 1 is 1.07 bits per heavy atom. The van der Waals surface area contributed by atoms with E-state index in [2.05, 4.69) is 25.9 Å². The van der Waals surface area contributed by atoms with Gasteiger partial charge in [0, 0.05) is 19.4 Å². The molecule has 3 fully saturated rings. The lowest BCUT2D eigenvalue weighted by molar-refractivity contribution is -0.157. The molecule has 4 aliphatic carbocycles. The first-order chi connectivity index (χ1) is 14.1. The number of nitrogens with zero attached hydrogens (tertiary/aromatic N) is 2. The van der Waals surface area contributed by atoms with Gasteiger partial charge < -0.3 is 4.74 Å². The first-order valence-corrected chi connectivity index (χ1v) is 11.9. The smallest absolute Gasteiger partial charge is 0.302 e. The molecule has 0 spiro atoms. The van der Waals surface area contributed by atoms with Crippen LogP contribution < -0.4 is 0 Å². The first kappa shape index (κ1) is 20.3. The molecule has 4 aliphatic rings. The number of aryl methyl sites for hydroxylation is 1. The van der Waals surface area contributed by atoms with Crippen LogP contribution in [0.5, 0.6) is 0 Å². The van der Waals surface area contributed by atoms with E-state index in [-0.39, 0.29) is 23.4 Å². The van der Waals surface area contributed by atoms with Crippen molar-refractivity contribution in [1.82, 2.24) is 9.78 Å². The van der Waals surface area contributed by atoms with E-state index in [1.54, 1.807) is 11.6 Å². The molecule has 0 saturated heterocycles. The molecule has 164 valence electrons. The lowest BCUT2D eigenvalue weighted by Crippen LogP contribution is -2.54. The molecule has 0 unspecified atom stereocenters. The third-order valence-corrected chi connectivity index (χ3v) is 9.78. The van der Waals surface area contributed by atoms with E-state index in [0.29, 0.717) is 17.3 Å². The molecule has 0 N–H and O–H groups in total. The van der Waals surface area contributed by atoms with E-state index in [0.717, 1.165) is 36.8 Å². The zero-order valence-corrected chi connectivity index (χ0v) is 19.2. The second-order valence-electron chi connectivity index (χ2n) is 11.2. The summed E-state index contributed by atoms with van der Waals surface area (Å²) in [6.07, 6.45) is 9.34. The van der Waals surface area contributed by atoms with Crippen LogP contribution in [0, 0.1) is 36.0 Å². The fraction of sp³-hybridized carbons (Fsp3) is 0.800. The molecule has 0 amide bonds. The summed E-state index contributed by atoms with van der Waals surface area (Å²) in [7, 11) is 0. The van der Waals surface area contributed by atoms with Crippen LogP contribution in [0.15, 0.2) is 0 Å². The van der Waals surface area contributed by atoms with Crippen LogP contribution in [0.2, 0.25) is 0 Å². The maximum absolute atomic E-state index is 12.2. The van der Waals surface area contributed by atoms with Gasteiger partial charge in [0.2, 0.25) is 5.91 Å². The predicted octanol–water partition coefficient (Wildman–Crippen LogP) is 4.84. The Morgan fingerprint density at radius 2 is 1.83 bits per heavy atom. The molecular formula is C25H36N2O3. The van der Waals surface area contributed by atoms with Crippen molar-refractivity contribution < 1.29 is 14.3 Å². The van der Waals surface area contributed by atoms with Gasteiger partial charge in [-0.05, 0) is 92.8 Å². The molecule has 5 rings (SSSR count). The highest BCUT2D eigenvalue weighted by molar-refractivity contribution is 5.77. The van der Waals surface area contributed by atoms with Gasteiger partial charge in [-0.2, -0.15) is 5.10 Å². The van der Waals surface area contributed by atoms with Crippen molar-refractivity contribution in [3.63, 3.8) is 0 Å².